The molecule has 0 N–H and O–H groups in total. The first-order valence-electron chi connectivity index (χ1n) is 4.20. The van der Waals surface area contributed by atoms with Gasteiger partial charge in [-0.3, -0.25) is 4.98 Å². The van der Waals surface area contributed by atoms with Crippen molar-refractivity contribution in [2.75, 3.05) is 0 Å². The van der Waals surface area contributed by atoms with Crippen LogP contribution in [0.4, 0.5) is 0 Å². The summed E-state index contributed by atoms with van der Waals surface area (Å²) >= 11 is 3.44. The monoisotopic (exact) mass is 235 g/mol. The topological polar surface area (TPSA) is 12.9 Å². The normalized spacial score (nSPS) is 10.7. The van der Waals surface area contributed by atoms with Crippen LogP contribution in [0.15, 0.2) is 28.7 Å². The summed E-state index contributed by atoms with van der Waals surface area (Å²) in [7, 11) is 0. The van der Waals surface area contributed by atoms with Gasteiger partial charge in [0.25, 0.3) is 0 Å². The third kappa shape index (κ3) is 1.59. The first-order valence-corrected chi connectivity index (χ1v) is 4.99. The van der Waals surface area contributed by atoms with Gasteiger partial charge in [-0.15, -0.1) is 0 Å². The molecule has 2 heteroatoms. The molecule has 0 aliphatic rings. The molecule has 0 aliphatic heterocycles. The van der Waals surface area contributed by atoms with Crippen LogP contribution in [0.25, 0.3) is 10.9 Å². The molecule has 0 saturated heterocycles. The van der Waals surface area contributed by atoms with Gasteiger partial charge >= 0.3 is 0 Å². The van der Waals surface area contributed by atoms with Crippen molar-refractivity contribution in [2.24, 2.45) is 0 Å². The van der Waals surface area contributed by atoms with Crippen LogP contribution in [0.3, 0.4) is 0 Å². The quantitative estimate of drug-likeness (QED) is 0.680. The molecule has 0 radical (unpaired) electrons. The van der Waals surface area contributed by atoms with Crippen molar-refractivity contribution in [1.82, 2.24) is 4.98 Å². The maximum atomic E-state index is 4.51. The molecule has 2 aromatic rings. The van der Waals surface area contributed by atoms with E-state index in [1.54, 1.807) is 0 Å². The molecular weight excluding hydrogens is 226 g/mol. The second-order valence-corrected chi connectivity index (χ2v) is 4.14. The van der Waals surface area contributed by atoms with Gasteiger partial charge in [0.05, 0.1) is 5.52 Å². The van der Waals surface area contributed by atoms with Crippen LogP contribution in [0.5, 0.6) is 0 Å². The van der Waals surface area contributed by atoms with Gasteiger partial charge in [0.2, 0.25) is 0 Å². The van der Waals surface area contributed by atoms with Crippen LogP contribution < -0.4 is 0 Å². The molecule has 1 aromatic heterocycles. The summed E-state index contributed by atoms with van der Waals surface area (Å²) in [6.07, 6.45) is 0. The zero-order chi connectivity index (χ0) is 9.42. The molecule has 0 aliphatic carbocycles. The molecule has 66 valence electrons. The lowest BCUT2D eigenvalue weighted by molar-refractivity contribution is 1.20. The number of hydrogen-bond acceptors (Lipinski definition) is 1. The van der Waals surface area contributed by atoms with E-state index in [-0.39, 0.29) is 0 Å². The fourth-order valence-electron chi connectivity index (χ4n) is 1.34. The highest BCUT2D eigenvalue weighted by Gasteiger charge is 1.99. The summed E-state index contributed by atoms with van der Waals surface area (Å²) < 4.78 is 1.08. The van der Waals surface area contributed by atoms with E-state index in [0.717, 1.165) is 15.7 Å². The second kappa shape index (κ2) is 3.11. The Morgan fingerprint density at radius 1 is 1.15 bits per heavy atom. The highest BCUT2D eigenvalue weighted by atomic mass is 79.9. The van der Waals surface area contributed by atoms with Gasteiger partial charge in [0.15, 0.2) is 0 Å². The number of hydrogen-bond donors (Lipinski definition) is 0. The Balaban J connectivity index is 2.81. The van der Waals surface area contributed by atoms with E-state index in [2.05, 4.69) is 40.0 Å². The van der Waals surface area contributed by atoms with E-state index < -0.39 is 0 Å². The molecule has 0 fully saturated rings. The fraction of sp³-hybridized carbons (Fsp3) is 0.182. The predicted octanol–water partition coefficient (Wildman–Crippen LogP) is 3.61. The van der Waals surface area contributed by atoms with E-state index >= 15 is 0 Å². The average Bonchev–Trinajstić information content (AvgIpc) is 2.08. The van der Waals surface area contributed by atoms with Crippen molar-refractivity contribution in [3.8, 4) is 0 Å². The predicted molar refractivity (Wildman–Crippen MR) is 58.9 cm³/mol. The fourth-order valence-corrected chi connectivity index (χ4v) is 1.69. The molecule has 0 spiro atoms. The zero-order valence-corrected chi connectivity index (χ0v) is 9.22. The number of fused-ring (bicyclic) bond motifs is 1. The SMILES string of the molecule is Cc1cc2ccc(Br)cc2nc1C. The Bertz CT molecular complexity index is 463. The van der Waals surface area contributed by atoms with E-state index in [0.29, 0.717) is 0 Å². The molecular formula is C11H10BrN. The number of rotatable bonds is 0. The third-order valence-electron chi connectivity index (χ3n) is 2.22. The average molecular weight is 236 g/mol. The Hall–Kier alpha value is -0.890. The first-order chi connectivity index (χ1) is 6.16. The second-order valence-electron chi connectivity index (χ2n) is 3.23. The van der Waals surface area contributed by atoms with Gasteiger partial charge in [0.1, 0.15) is 0 Å². The Morgan fingerprint density at radius 3 is 2.69 bits per heavy atom. The minimum atomic E-state index is 1.05. The molecule has 1 heterocycles. The number of benzene rings is 1. The van der Waals surface area contributed by atoms with Crippen molar-refractivity contribution in [1.29, 1.82) is 0 Å². The van der Waals surface area contributed by atoms with Gasteiger partial charge < -0.3 is 0 Å². The number of pyridine rings is 1. The number of halogens is 1. The standard InChI is InChI=1S/C11H10BrN/c1-7-5-9-3-4-10(12)6-11(9)13-8(7)2/h3-6H,1-2H3. The lowest BCUT2D eigenvalue weighted by Crippen LogP contribution is -1.87. The van der Waals surface area contributed by atoms with Gasteiger partial charge in [-0.05, 0) is 37.6 Å². The summed E-state index contributed by atoms with van der Waals surface area (Å²) in [5, 5.41) is 1.20. The van der Waals surface area contributed by atoms with Crippen molar-refractivity contribution >= 4 is 26.8 Å². The summed E-state index contributed by atoms with van der Waals surface area (Å²) in [5.41, 5.74) is 3.40. The van der Waals surface area contributed by atoms with Crippen molar-refractivity contribution in [3.63, 3.8) is 0 Å². The highest BCUT2D eigenvalue weighted by Crippen LogP contribution is 2.20. The molecule has 1 aromatic carbocycles. The van der Waals surface area contributed by atoms with Crippen molar-refractivity contribution < 1.29 is 0 Å². The van der Waals surface area contributed by atoms with Crippen LogP contribution in [0.2, 0.25) is 0 Å². The van der Waals surface area contributed by atoms with E-state index in [4.69, 9.17) is 0 Å². The van der Waals surface area contributed by atoms with E-state index in [9.17, 15) is 0 Å². The summed E-state index contributed by atoms with van der Waals surface area (Å²) in [6.45, 7) is 4.12. The zero-order valence-electron chi connectivity index (χ0n) is 7.63. The van der Waals surface area contributed by atoms with Crippen molar-refractivity contribution in [3.05, 3.63) is 40.0 Å². The van der Waals surface area contributed by atoms with E-state index in [1.807, 2.05) is 19.1 Å². The van der Waals surface area contributed by atoms with Gasteiger partial charge in [-0.1, -0.05) is 22.0 Å². The van der Waals surface area contributed by atoms with Crippen LogP contribution in [-0.4, -0.2) is 4.98 Å². The minimum absolute atomic E-state index is 1.05. The van der Waals surface area contributed by atoms with E-state index in [1.165, 1.54) is 10.9 Å². The Labute approximate surface area is 85.9 Å². The molecule has 0 unspecified atom stereocenters. The minimum Gasteiger partial charge on any atom is -0.253 e. The van der Waals surface area contributed by atoms with Gasteiger partial charge in [-0.2, -0.15) is 0 Å². The smallest absolute Gasteiger partial charge is 0.0716 e. The molecule has 0 bridgehead atoms. The van der Waals surface area contributed by atoms with Crippen LogP contribution >= 0.6 is 15.9 Å². The summed E-state index contributed by atoms with van der Waals surface area (Å²) in [4.78, 5) is 4.51. The molecule has 13 heavy (non-hydrogen) atoms. The molecule has 0 amide bonds. The molecule has 0 saturated carbocycles. The summed E-state index contributed by atoms with van der Waals surface area (Å²) in [6, 6.07) is 8.34. The Kier molecular flexibility index (Phi) is 2.08. The number of nitrogens with zero attached hydrogens (tertiary/aromatic N) is 1. The van der Waals surface area contributed by atoms with Crippen LogP contribution in [-0.2, 0) is 0 Å². The van der Waals surface area contributed by atoms with Gasteiger partial charge in [-0.25, -0.2) is 0 Å². The summed E-state index contributed by atoms with van der Waals surface area (Å²) in [5.74, 6) is 0. The maximum Gasteiger partial charge on any atom is 0.0716 e. The lowest BCUT2D eigenvalue weighted by atomic mass is 10.1. The van der Waals surface area contributed by atoms with Crippen LogP contribution in [0.1, 0.15) is 11.3 Å². The highest BCUT2D eigenvalue weighted by molar-refractivity contribution is 9.10. The van der Waals surface area contributed by atoms with Crippen molar-refractivity contribution in [2.45, 2.75) is 13.8 Å². The molecule has 2 rings (SSSR count). The third-order valence-corrected chi connectivity index (χ3v) is 2.72. The van der Waals surface area contributed by atoms with Gasteiger partial charge in [0, 0.05) is 15.6 Å². The maximum absolute atomic E-state index is 4.51. The molecule has 1 nitrogen and oxygen atoms in total. The molecule has 0 atom stereocenters. The first kappa shape index (κ1) is 8.70. The largest absolute Gasteiger partial charge is 0.253 e. The lowest BCUT2D eigenvalue weighted by Gasteiger charge is -2.02. The number of aromatic nitrogens is 1. The number of aryl methyl sites for hydroxylation is 2. The Morgan fingerprint density at radius 2 is 1.92 bits per heavy atom. The van der Waals surface area contributed by atoms with Crippen LogP contribution in [0, 0.1) is 13.8 Å².